The van der Waals surface area contributed by atoms with Gasteiger partial charge in [-0.25, -0.2) is 13.6 Å². The summed E-state index contributed by atoms with van der Waals surface area (Å²) < 4.78 is 27.1. The van der Waals surface area contributed by atoms with E-state index in [0.29, 0.717) is 5.56 Å². The van der Waals surface area contributed by atoms with Crippen LogP contribution in [0.3, 0.4) is 0 Å². The number of piperidine rings is 1. The second-order valence-electron chi connectivity index (χ2n) is 7.45. The lowest BCUT2D eigenvalue weighted by atomic mass is 9.87. The molecule has 0 saturated carbocycles. The molecule has 0 aromatic heterocycles. The third-order valence-corrected chi connectivity index (χ3v) is 5.80. The number of nitrogens with one attached hydrogen (secondary N) is 1. The molecular weight excluding hydrogens is 416 g/mol. The van der Waals surface area contributed by atoms with Crippen LogP contribution in [0.4, 0.5) is 13.6 Å². The highest BCUT2D eigenvalue weighted by Crippen LogP contribution is 2.31. The highest BCUT2D eigenvalue weighted by atomic mass is 35.5. The number of halogens is 3. The first-order valence-electron chi connectivity index (χ1n) is 9.42. The lowest BCUT2D eigenvalue weighted by molar-refractivity contribution is -0.133. The highest BCUT2D eigenvalue weighted by Gasteiger charge is 2.52. The summed E-state index contributed by atoms with van der Waals surface area (Å²) in [7, 11) is 0. The summed E-state index contributed by atoms with van der Waals surface area (Å²) in [5.74, 6) is -1.95. The molecule has 30 heavy (non-hydrogen) atoms. The van der Waals surface area contributed by atoms with Gasteiger partial charge >= 0.3 is 6.03 Å². The quantitative estimate of drug-likeness (QED) is 0.755. The third-order valence-electron chi connectivity index (χ3n) is 5.56. The number of imide groups is 1. The lowest BCUT2D eigenvalue weighted by Gasteiger charge is -2.37. The molecule has 2 aliphatic heterocycles. The van der Waals surface area contributed by atoms with Crippen LogP contribution in [0.25, 0.3) is 0 Å². The van der Waals surface area contributed by atoms with Crippen molar-refractivity contribution >= 4 is 29.4 Å². The molecule has 1 spiro atoms. The van der Waals surface area contributed by atoms with E-state index in [1.165, 1.54) is 41.3 Å². The van der Waals surface area contributed by atoms with E-state index in [1.807, 2.05) is 0 Å². The van der Waals surface area contributed by atoms with Crippen LogP contribution in [0.5, 0.6) is 0 Å². The standard InChI is InChI=1S/C21H18ClF2N3O3/c22-14-3-6-17(24)16(11-14)18(28)26-9-7-21(8-10-26)19(29)27(20(30)25-21)12-13-1-4-15(23)5-2-13/h1-6,11H,7-10,12H2,(H,25,30). The van der Waals surface area contributed by atoms with E-state index in [1.54, 1.807) is 0 Å². The Balaban J connectivity index is 1.45. The number of urea groups is 1. The molecule has 0 radical (unpaired) electrons. The Morgan fingerprint density at radius 1 is 1.07 bits per heavy atom. The molecule has 0 aliphatic carbocycles. The summed E-state index contributed by atoms with van der Waals surface area (Å²) in [6.07, 6.45) is 0.427. The summed E-state index contributed by atoms with van der Waals surface area (Å²) in [6, 6.07) is 8.81. The molecule has 156 valence electrons. The zero-order valence-corrected chi connectivity index (χ0v) is 16.6. The molecule has 4 rings (SSSR count). The summed E-state index contributed by atoms with van der Waals surface area (Å²) in [5, 5.41) is 3.00. The van der Waals surface area contributed by atoms with E-state index in [2.05, 4.69) is 5.32 Å². The van der Waals surface area contributed by atoms with E-state index in [0.717, 1.165) is 11.0 Å². The van der Waals surface area contributed by atoms with Crippen LogP contribution in [0.2, 0.25) is 5.02 Å². The Hall–Kier alpha value is -3.00. The van der Waals surface area contributed by atoms with Gasteiger partial charge in [-0.3, -0.25) is 14.5 Å². The number of hydrogen-bond donors (Lipinski definition) is 1. The minimum absolute atomic E-state index is 0.0308. The Bertz CT molecular complexity index is 1020. The predicted molar refractivity (Wildman–Crippen MR) is 105 cm³/mol. The molecule has 2 aromatic carbocycles. The van der Waals surface area contributed by atoms with Crippen LogP contribution in [0, 0.1) is 11.6 Å². The van der Waals surface area contributed by atoms with E-state index in [9.17, 15) is 23.2 Å². The topological polar surface area (TPSA) is 69.7 Å². The largest absolute Gasteiger partial charge is 0.338 e. The summed E-state index contributed by atoms with van der Waals surface area (Å²) in [4.78, 5) is 40.6. The third kappa shape index (κ3) is 3.63. The molecule has 0 bridgehead atoms. The van der Waals surface area contributed by atoms with Gasteiger partial charge in [-0.05, 0) is 48.7 Å². The van der Waals surface area contributed by atoms with Gasteiger partial charge in [0, 0.05) is 18.1 Å². The second kappa shape index (κ2) is 7.68. The maximum Gasteiger partial charge on any atom is 0.325 e. The van der Waals surface area contributed by atoms with E-state index >= 15 is 0 Å². The van der Waals surface area contributed by atoms with Crippen molar-refractivity contribution < 1.29 is 23.2 Å². The van der Waals surface area contributed by atoms with E-state index < -0.39 is 29.1 Å². The van der Waals surface area contributed by atoms with Gasteiger partial charge in [0.15, 0.2) is 0 Å². The number of rotatable bonds is 3. The lowest BCUT2D eigenvalue weighted by Crippen LogP contribution is -2.55. The van der Waals surface area contributed by atoms with E-state index in [4.69, 9.17) is 11.6 Å². The summed E-state index contributed by atoms with van der Waals surface area (Å²) >= 11 is 5.87. The van der Waals surface area contributed by atoms with Gasteiger partial charge in [0.2, 0.25) is 0 Å². The first-order chi connectivity index (χ1) is 14.3. The molecule has 1 N–H and O–H groups in total. The molecule has 2 fully saturated rings. The van der Waals surface area contributed by atoms with Gasteiger partial charge in [-0.1, -0.05) is 23.7 Å². The Morgan fingerprint density at radius 2 is 1.73 bits per heavy atom. The van der Waals surface area contributed by atoms with Crippen LogP contribution in [0.1, 0.15) is 28.8 Å². The molecule has 9 heteroatoms. The zero-order valence-electron chi connectivity index (χ0n) is 15.8. The number of benzene rings is 2. The maximum absolute atomic E-state index is 14.0. The van der Waals surface area contributed by atoms with Crippen LogP contribution >= 0.6 is 11.6 Å². The highest BCUT2D eigenvalue weighted by molar-refractivity contribution is 6.31. The number of hydrogen-bond acceptors (Lipinski definition) is 3. The van der Waals surface area contributed by atoms with Crippen molar-refractivity contribution in [2.75, 3.05) is 13.1 Å². The molecular formula is C21H18ClF2N3O3. The second-order valence-corrected chi connectivity index (χ2v) is 7.88. The number of nitrogens with zero attached hydrogens (tertiary/aromatic N) is 2. The van der Waals surface area contributed by atoms with Crippen LogP contribution in [0.15, 0.2) is 42.5 Å². The minimum atomic E-state index is -1.10. The van der Waals surface area contributed by atoms with Gasteiger partial charge in [-0.2, -0.15) is 0 Å². The van der Waals surface area contributed by atoms with Crippen molar-refractivity contribution in [3.8, 4) is 0 Å². The number of carbonyl (C=O) groups excluding carboxylic acids is 3. The molecule has 4 amide bonds. The first-order valence-corrected chi connectivity index (χ1v) is 9.80. The molecule has 2 saturated heterocycles. The van der Waals surface area contributed by atoms with E-state index in [-0.39, 0.29) is 49.0 Å². The molecule has 0 unspecified atom stereocenters. The summed E-state index contributed by atoms with van der Waals surface area (Å²) in [6.45, 7) is 0.394. The van der Waals surface area contributed by atoms with Crippen LogP contribution < -0.4 is 5.32 Å². The number of carbonyl (C=O) groups is 3. The van der Waals surface area contributed by atoms with Gasteiger partial charge in [-0.15, -0.1) is 0 Å². The monoisotopic (exact) mass is 433 g/mol. The molecule has 6 nitrogen and oxygen atoms in total. The van der Waals surface area contributed by atoms with Gasteiger partial charge < -0.3 is 10.2 Å². The van der Waals surface area contributed by atoms with Crippen molar-refractivity contribution in [2.45, 2.75) is 24.9 Å². The normalized spacial score (nSPS) is 18.1. The molecule has 2 heterocycles. The number of likely N-dealkylation sites (tertiary alicyclic amines) is 1. The fourth-order valence-corrected chi connectivity index (χ4v) is 4.03. The Labute approximate surface area is 176 Å². The first kappa shape index (κ1) is 20.3. The number of amides is 4. The molecule has 2 aromatic rings. The smallest absolute Gasteiger partial charge is 0.325 e. The van der Waals surface area contributed by atoms with Crippen molar-refractivity contribution in [1.82, 2.24) is 15.1 Å². The van der Waals surface area contributed by atoms with Crippen LogP contribution in [-0.2, 0) is 11.3 Å². The predicted octanol–water partition coefficient (Wildman–Crippen LogP) is 3.35. The van der Waals surface area contributed by atoms with Gasteiger partial charge in [0.25, 0.3) is 11.8 Å². The average Bonchev–Trinajstić information content (AvgIpc) is 2.95. The average molecular weight is 434 g/mol. The van der Waals surface area contributed by atoms with Gasteiger partial charge in [0.1, 0.15) is 17.2 Å². The summed E-state index contributed by atoms with van der Waals surface area (Å²) in [5.41, 5.74) is -0.597. The minimum Gasteiger partial charge on any atom is -0.338 e. The zero-order chi connectivity index (χ0) is 21.5. The van der Waals surface area contributed by atoms with Crippen molar-refractivity contribution in [3.63, 3.8) is 0 Å². The van der Waals surface area contributed by atoms with Gasteiger partial charge in [0.05, 0.1) is 12.1 Å². The molecule has 0 atom stereocenters. The Kier molecular flexibility index (Phi) is 5.19. The van der Waals surface area contributed by atoms with Crippen molar-refractivity contribution in [1.29, 1.82) is 0 Å². The maximum atomic E-state index is 14.0. The SMILES string of the molecule is O=C(c1cc(Cl)ccc1F)N1CCC2(CC1)NC(=O)N(Cc1ccc(F)cc1)C2=O. The fraction of sp³-hybridized carbons (Fsp3) is 0.286. The van der Waals surface area contributed by atoms with Crippen LogP contribution in [-0.4, -0.2) is 46.3 Å². The fourth-order valence-electron chi connectivity index (χ4n) is 3.85. The molecule has 2 aliphatic rings. The van der Waals surface area contributed by atoms with Crippen molar-refractivity contribution in [3.05, 3.63) is 70.2 Å². The Morgan fingerprint density at radius 3 is 2.40 bits per heavy atom. The van der Waals surface area contributed by atoms with Crippen molar-refractivity contribution in [2.24, 2.45) is 0 Å².